The maximum absolute atomic E-state index is 13.9. The van der Waals surface area contributed by atoms with Gasteiger partial charge in [-0.15, -0.1) is 0 Å². The number of aromatic amines is 1. The Labute approximate surface area is 219 Å². The molecule has 176 valence electrons. The number of anilines is 1. The monoisotopic (exact) mass is 532 g/mol. The van der Waals surface area contributed by atoms with Crippen LogP contribution in [0.25, 0.3) is 21.9 Å². The van der Waals surface area contributed by atoms with Gasteiger partial charge in [0, 0.05) is 0 Å². The van der Waals surface area contributed by atoms with Crippen LogP contribution in [0.3, 0.4) is 0 Å². The molecule has 0 bridgehead atoms. The number of imidazole rings is 1. The third-order valence-electron chi connectivity index (χ3n) is 6.82. The summed E-state index contributed by atoms with van der Waals surface area (Å²) in [6.45, 7) is 2.66. The minimum absolute atomic E-state index is 0.0689. The normalized spacial score (nSPS) is 13.5. The quantitative estimate of drug-likeness (QED) is 0.342. The van der Waals surface area contributed by atoms with E-state index >= 15 is 0 Å². The zero-order valence-corrected chi connectivity index (χ0v) is 21.6. The first-order valence-electron chi connectivity index (χ1n) is 12.1. The summed E-state index contributed by atoms with van der Waals surface area (Å²) >= 11 is 2.61. The van der Waals surface area contributed by atoms with Crippen molar-refractivity contribution in [2.45, 2.75) is 13.1 Å². The van der Waals surface area contributed by atoms with Gasteiger partial charge >= 0.3 is 195 Å². The van der Waals surface area contributed by atoms with Gasteiger partial charge in [-0.2, -0.15) is 0 Å². The van der Waals surface area contributed by atoms with Crippen molar-refractivity contribution in [1.82, 2.24) is 14.9 Å². The molecular weight excluding hydrogens is 507 g/mol. The number of benzene rings is 4. The fourth-order valence-corrected chi connectivity index (χ4v) is 5.50. The Morgan fingerprint density at radius 3 is 2.61 bits per heavy atom. The number of nitrogens with zero attached hydrogens (tertiary/aromatic N) is 3. The van der Waals surface area contributed by atoms with Gasteiger partial charge in [0.1, 0.15) is 0 Å². The van der Waals surface area contributed by atoms with Crippen LogP contribution in [-0.2, 0) is 13.1 Å². The fourth-order valence-electron chi connectivity index (χ4n) is 5.03. The van der Waals surface area contributed by atoms with Crippen LogP contribution in [0.1, 0.15) is 21.6 Å². The van der Waals surface area contributed by atoms with Crippen molar-refractivity contribution in [3.05, 3.63) is 114 Å². The molecule has 1 aliphatic rings. The van der Waals surface area contributed by atoms with E-state index in [4.69, 9.17) is 0 Å². The van der Waals surface area contributed by atoms with E-state index in [1.54, 1.807) is 6.33 Å². The zero-order chi connectivity index (χ0) is 24.5. The molecule has 0 aliphatic carbocycles. The first kappa shape index (κ1) is 22.6. The van der Waals surface area contributed by atoms with Gasteiger partial charge in [-0.05, 0) is 0 Å². The predicted molar refractivity (Wildman–Crippen MR) is 146 cm³/mol. The molecule has 5 nitrogen and oxygen atoms in total. The van der Waals surface area contributed by atoms with Crippen LogP contribution >= 0.6 is 0 Å². The molecule has 1 aliphatic heterocycles. The summed E-state index contributed by atoms with van der Waals surface area (Å²) in [4.78, 5) is 25.6. The molecule has 4 aromatic carbocycles. The average Bonchev–Trinajstić information content (AvgIpc) is 3.36. The Balaban J connectivity index is 1.40. The summed E-state index contributed by atoms with van der Waals surface area (Å²) < 4.78 is 1.17. The molecular formula is C30H25AsN4O. The third kappa shape index (κ3) is 4.43. The summed E-state index contributed by atoms with van der Waals surface area (Å²) in [5.41, 5.74) is 6.44. The minimum atomic E-state index is 0.0689. The maximum atomic E-state index is 13.9. The van der Waals surface area contributed by atoms with E-state index in [1.807, 2.05) is 41.4 Å². The van der Waals surface area contributed by atoms with Crippen molar-refractivity contribution < 1.29 is 4.79 Å². The van der Waals surface area contributed by atoms with Crippen molar-refractivity contribution in [1.29, 1.82) is 0 Å². The van der Waals surface area contributed by atoms with E-state index < -0.39 is 0 Å². The summed E-state index contributed by atoms with van der Waals surface area (Å²) in [6, 6.07) is 29.2. The summed E-state index contributed by atoms with van der Waals surface area (Å²) in [7, 11) is 0. The molecule has 6 heteroatoms. The summed E-state index contributed by atoms with van der Waals surface area (Å²) in [5, 5.41) is 2.08. The van der Waals surface area contributed by atoms with Crippen molar-refractivity contribution >= 4 is 43.6 Å². The standard InChI is InChI=1S/C30H25AsN4O/c31-25-8-3-7-22(16-25)23-11-12-29-24(15-23)18-35(14-13-34(29)19-26-17-32-20-33-26)30(36)28-10-4-6-21-5-1-2-9-27(21)28/h1-12,15-17,20H,13-14,18-19H2,(H,32,33). The predicted octanol–water partition coefficient (Wildman–Crippen LogP) is 4.69. The number of carbonyl (C=O) groups is 1. The van der Waals surface area contributed by atoms with Gasteiger partial charge in [0.2, 0.25) is 0 Å². The van der Waals surface area contributed by atoms with Crippen LogP contribution < -0.4 is 9.25 Å². The molecule has 2 heterocycles. The van der Waals surface area contributed by atoms with E-state index in [2.05, 4.69) is 86.3 Å². The van der Waals surface area contributed by atoms with Gasteiger partial charge in [0.15, 0.2) is 0 Å². The van der Waals surface area contributed by atoms with E-state index in [0.29, 0.717) is 19.6 Å². The van der Waals surface area contributed by atoms with Gasteiger partial charge in [-0.3, -0.25) is 0 Å². The second kappa shape index (κ2) is 9.67. The first-order chi connectivity index (χ1) is 17.7. The number of aromatic nitrogens is 2. The van der Waals surface area contributed by atoms with Crippen LogP contribution in [-0.4, -0.2) is 50.7 Å². The Morgan fingerprint density at radius 1 is 0.917 bits per heavy atom. The first-order valence-corrected chi connectivity index (χ1v) is 13.0. The molecule has 0 unspecified atom stereocenters. The fraction of sp³-hybridized carbons (Fsp3) is 0.133. The van der Waals surface area contributed by atoms with Crippen molar-refractivity contribution in [2.24, 2.45) is 0 Å². The molecule has 0 atom stereocenters. The number of nitrogens with one attached hydrogen (secondary N) is 1. The zero-order valence-electron chi connectivity index (χ0n) is 19.8. The molecule has 1 aromatic heterocycles. The average molecular weight is 532 g/mol. The van der Waals surface area contributed by atoms with Gasteiger partial charge in [0.25, 0.3) is 0 Å². The van der Waals surface area contributed by atoms with E-state index in [9.17, 15) is 4.79 Å². The number of H-pyrrole nitrogens is 1. The molecule has 36 heavy (non-hydrogen) atoms. The number of hydrogen-bond acceptors (Lipinski definition) is 3. The molecule has 0 saturated heterocycles. The van der Waals surface area contributed by atoms with E-state index in [-0.39, 0.29) is 5.91 Å². The van der Waals surface area contributed by atoms with Gasteiger partial charge in [0.05, 0.1) is 0 Å². The molecule has 6 rings (SSSR count). The number of amides is 1. The number of rotatable bonds is 4. The van der Waals surface area contributed by atoms with Crippen molar-refractivity contribution in [3.63, 3.8) is 0 Å². The Hall–Kier alpha value is -3.82. The molecule has 2 radical (unpaired) electrons. The SMILES string of the molecule is O=C(c1cccc2ccccc12)N1CCN(Cc2cnc[nH]2)c2ccc(-c3cccc([As])c3)cc2C1. The van der Waals surface area contributed by atoms with E-state index in [1.165, 1.54) is 9.91 Å². The summed E-state index contributed by atoms with van der Waals surface area (Å²) in [6.07, 6.45) is 3.58. The molecule has 0 fully saturated rings. The van der Waals surface area contributed by atoms with Crippen molar-refractivity contribution in [2.75, 3.05) is 18.0 Å². The molecule has 5 aromatic rings. The second-order valence-electron chi connectivity index (χ2n) is 9.15. The topological polar surface area (TPSA) is 52.2 Å². The van der Waals surface area contributed by atoms with Crippen molar-refractivity contribution in [3.8, 4) is 11.1 Å². The van der Waals surface area contributed by atoms with Crippen LogP contribution in [0.5, 0.6) is 0 Å². The van der Waals surface area contributed by atoms with Crippen LogP contribution in [0.2, 0.25) is 0 Å². The Bertz CT molecular complexity index is 1540. The van der Waals surface area contributed by atoms with E-state index in [0.717, 1.165) is 45.4 Å². The summed E-state index contributed by atoms with van der Waals surface area (Å²) in [5.74, 6) is 0.0689. The Kier molecular flexibility index (Phi) is 6.08. The number of carbonyl (C=O) groups excluding carboxylic acids is 1. The van der Waals surface area contributed by atoms with Gasteiger partial charge < -0.3 is 0 Å². The van der Waals surface area contributed by atoms with Gasteiger partial charge in [-0.1, -0.05) is 24.3 Å². The third-order valence-corrected chi connectivity index (χ3v) is 7.41. The Morgan fingerprint density at radius 2 is 1.75 bits per heavy atom. The second-order valence-corrected chi connectivity index (χ2v) is 10.2. The molecule has 1 N–H and O–H groups in total. The number of fused-ring (bicyclic) bond motifs is 2. The van der Waals surface area contributed by atoms with Crippen LogP contribution in [0, 0.1) is 0 Å². The molecule has 0 spiro atoms. The molecule has 0 saturated carbocycles. The van der Waals surface area contributed by atoms with Gasteiger partial charge in [-0.25, -0.2) is 0 Å². The molecule has 1 amide bonds. The number of hydrogen-bond donors (Lipinski definition) is 1. The van der Waals surface area contributed by atoms with Crippen LogP contribution in [0.4, 0.5) is 5.69 Å². The van der Waals surface area contributed by atoms with Crippen LogP contribution in [0.15, 0.2) is 97.5 Å².